The number of benzene rings is 2. The maximum atomic E-state index is 9.55. The summed E-state index contributed by atoms with van der Waals surface area (Å²) in [6, 6.07) is 17.2. The molecule has 4 nitrogen and oxygen atoms in total. The summed E-state index contributed by atoms with van der Waals surface area (Å²) in [7, 11) is 1.73. The molecule has 1 unspecified atom stereocenters. The number of ether oxygens (including phenoxy) is 1. The number of aryl methyl sites for hydroxylation is 1. The maximum Gasteiger partial charge on any atom is 0.123 e. The van der Waals surface area contributed by atoms with Crippen LogP contribution in [-0.2, 0) is 13.1 Å². The van der Waals surface area contributed by atoms with Crippen molar-refractivity contribution in [1.82, 2.24) is 9.80 Å². The fraction of sp³-hybridized carbons (Fsp3) is 0.455. The second-order valence-electron chi connectivity index (χ2n) is 7.11. The third-order valence-electron chi connectivity index (χ3n) is 5.37. The van der Waals surface area contributed by atoms with Crippen LogP contribution < -0.4 is 4.74 Å². The van der Waals surface area contributed by atoms with Crippen molar-refractivity contribution in [2.45, 2.75) is 32.5 Å². The summed E-state index contributed by atoms with van der Waals surface area (Å²) >= 11 is 0. The summed E-state index contributed by atoms with van der Waals surface area (Å²) in [6.45, 7) is 7.29. The van der Waals surface area contributed by atoms with Crippen molar-refractivity contribution in [3.8, 4) is 5.75 Å². The van der Waals surface area contributed by atoms with Gasteiger partial charge in [0.05, 0.1) is 7.11 Å². The largest absolute Gasteiger partial charge is 0.496 e. The topological polar surface area (TPSA) is 35.9 Å². The lowest BCUT2D eigenvalue weighted by molar-refractivity contribution is 0.0495. The molecule has 1 aliphatic heterocycles. The Balaban J connectivity index is 1.67. The van der Waals surface area contributed by atoms with Crippen LogP contribution in [-0.4, -0.2) is 54.3 Å². The molecule has 0 spiro atoms. The third kappa shape index (κ3) is 4.64. The molecule has 0 aliphatic carbocycles. The van der Waals surface area contributed by atoms with Crippen molar-refractivity contribution in [1.29, 1.82) is 0 Å². The lowest BCUT2D eigenvalue weighted by Crippen LogP contribution is -2.52. The van der Waals surface area contributed by atoms with Gasteiger partial charge in [-0.05, 0) is 30.5 Å². The Morgan fingerprint density at radius 1 is 1.00 bits per heavy atom. The molecule has 1 N–H and O–H groups in total. The van der Waals surface area contributed by atoms with E-state index >= 15 is 0 Å². The van der Waals surface area contributed by atoms with Crippen molar-refractivity contribution in [2.24, 2.45) is 0 Å². The number of nitrogens with zero attached hydrogens (tertiary/aromatic N) is 2. The van der Waals surface area contributed by atoms with Crippen LogP contribution >= 0.6 is 0 Å². The first kappa shape index (κ1) is 18.9. The molecule has 2 aromatic carbocycles. The highest BCUT2D eigenvalue weighted by Crippen LogP contribution is 2.23. The van der Waals surface area contributed by atoms with E-state index in [1.54, 1.807) is 7.11 Å². The van der Waals surface area contributed by atoms with Crippen LogP contribution in [0.5, 0.6) is 5.75 Å². The Labute approximate surface area is 157 Å². The summed E-state index contributed by atoms with van der Waals surface area (Å²) in [5.41, 5.74) is 3.95. The molecule has 1 saturated heterocycles. The lowest BCUT2D eigenvalue weighted by atomic mass is 10.0. The summed E-state index contributed by atoms with van der Waals surface area (Å²) in [5, 5.41) is 9.55. The van der Waals surface area contributed by atoms with Gasteiger partial charge in [-0.25, -0.2) is 0 Å². The molecule has 26 heavy (non-hydrogen) atoms. The molecule has 0 bridgehead atoms. The van der Waals surface area contributed by atoms with Crippen LogP contribution in [0.2, 0.25) is 0 Å². The highest BCUT2D eigenvalue weighted by atomic mass is 16.5. The zero-order chi connectivity index (χ0) is 18.4. The number of hydrogen-bond acceptors (Lipinski definition) is 4. The average Bonchev–Trinajstić information content (AvgIpc) is 2.66. The van der Waals surface area contributed by atoms with Gasteiger partial charge in [0, 0.05) is 50.9 Å². The number of rotatable bonds is 7. The molecule has 1 aliphatic rings. The molecule has 140 valence electrons. The van der Waals surface area contributed by atoms with Crippen molar-refractivity contribution in [2.75, 3.05) is 33.4 Å². The molecule has 4 heteroatoms. The maximum absolute atomic E-state index is 9.55. The van der Waals surface area contributed by atoms with Gasteiger partial charge < -0.3 is 9.84 Å². The van der Waals surface area contributed by atoms with Gasteiger partial charge in [0.2, 0.25) is 0 Å². The van der Waals surface area contributed by atoms with E-state index in [0.29, 0.717) is 6.04 Å². The summed E-state index contributed by atoms with van der Waals surface area (Å²) < 4.78 is 5.50. The fourth-order valence-corrected chi connectivity index (χ4v) is 3.81. The summed E-state index contributed by atoms with van der Waals surface area (Å²) in [6.07, 6.45) is 0.814. The highest BCUT2D eigenvalue weighted by molar-refractivity contribution is 5.33. The molecule has 1 heterocycles. The Morgan fingerprint density at radius 2 is 1.73 bits per heavy atom. The predicted molar refractivity (Wildman–Crippen MR) is 105 cm³/mol. The van der Waals surface area contributed by atoms with Gasteiger partial charge in [0.15, 0.2) is 0 Å². The second kappa shape index (κ2) is 9.17. The van der Waals surface area contributed by atoms with Crippen LogP contribution in [0, 0.1) is 6.92 Å². The highest BCUT2D eigenvalue weighted by Gasteiger charge is 2.27. The second-order valence-corrected chi connectivity index (χ2v) is 7.11. The number of methoxy groups -OCH3 is 1. The number of hydrogen-bond donors (Lipinski definition) is 1. The van der Waals surface area contributed by atoms with E-state index in [1.807, 2.05) is 12.1 Å². The van der Waals surface area contributed by atoms with E-state index in [0.717, 1.165) is 44.9 Å². The molecule has 2 aromatic rings. The smallest absolute Gasteiger partial charge is 0.123 e. The van der Waals surface area contributed by atoms with Gasteiger partial charge in [-0.2, -0.15) is 0 Å². The fourth-order valence-electron chi connectivity index (χ4n) is 3.81. The summed E-state index contributed by atoms with van der Waals surface area (Å²) in [5.74, 6) is 0.952. The molecule has 1 atom stereocenters. The van der Waals surface area contributed by atoms with Crippen LogP contribution in [0.4, 0.5) is 0 Å². The van der Waals surface area contributed by atoms with Crippen LogP contribution in [0.1, 0.15) is 23.1 Å². The zero-order valence-electron chi connectivity index (χ0n) is 15.9. The number of aliphatic hydroxyl groups is 1. The van der Waals surface area contributed by atoms with Gasteiger partial charge in [-0.15, -0.1) is 0 Å². The van der Waals surface area contributed by atoms with Crippen molar-refractivity contribution >= 4 is 0 Å². The van der Waals surface area contributed by atoms with E-state index in [4.69, 9.17) is 4.74 Å². The van der Waals surface area contributed by atoms with Gasteiger partial charge in [-0.1, -0.05) is 42.5 Å². The van der Waals surface area contributed by atoms with Gasteiger partial charge in [0.25, 0.3) is 0 Å². The SMILES string of the molecule is COc1ccccc1CN1CCN(Cc2ccccc2C)C(CCO)C1. The van der Waals surface area contributed by atoms with Crippen molar-refractivity contribution < 1.29 is 9.84 Å². The molecule has 0 saturated carbocycles. The predicted octanol–water partition coefficient (Wildman–Crippen LogP) is 3.07. The minimum Gasteiger partial charge on any atom is -0.496 e. The summed E-state index contributed by atoms with van der Waals surface area (Å²) in [4.78, 5) is 5.00. The number of piperazine rings is 1. The first-order valence-corrected chi connectivity index (χ1v) is 9.45. The average molecular weight is 354 g/mol. The third-order valence-corrected chi connectivity index (χ3v) is 5.37. The minimum atomic E-state index is 0.234. The van der Waals surface area contributed by atoms with E-state index < -0.39 is 0 Å². The normalized spacial score (nSPS) is 18.8. The first-order chi connectivity index (χ1) is 12.7. The molecule has 0 amide bonds. The van der Waals surface area contributed by atoms with E-state index in [1.165, 1.54) is 16.7 Å². The lowest BCUT2D eigenvalue weighted by Gasteiger charge is -2.41. The van der Waals surface area contributed by atoms with Gasteiger partial charge >= 0.3 is 0 Å². The Hall–Kier alpha value is -1.88. The quantitative estimate of drug-likeness (QED) is 0.829. The molecular formula is C22H30N2O2. The van der Waals surface area contributed by atoms with Crippen molar-refractivity contribution in [3.63, 3.8) is 0 Å². The van der Waals surface area contributed by atoms with E-state index in [9.17, 15) is 5.11 Å². The van der Waals surface area contributed by atoms with Crippen LogP contribution in [0.3, 0.4) is 0 Å². The van der Waals surface area contributed by atoms with Crippen molar-refractivity contribution in [3.05, 3.63) is 65.2 Å². The van der Waals surface area contributed by atoms with Gasteiger partial charge in [-0.3, -0.25) is 9.80 Å². The Morgan fingerprint density at radius 3 is 2.46 bits per heavy atom. The van der Waals surface area contributed by atoms with Crippen LogP contribution in [0.25, 0.3) is 0 Å². The molecule has 3 rings (SSSR count). The van der Waals surface area contributed by atoms with Gasteiger partial charge in [0.1, 0.15) is 5.75 Å². The first-order valence-electron chi connectivity index (χ1n) is 9.45. The van der Waals surface area contributed by atoms with E-state index in [2.05, 4.69) is 53.1 Å². The number of para-hydroxylation sites is 1. The Bertz CT molecular complexity index is 704. The van der Waals surface area contributed by atoms with Crippen LogP contribution in [0.15, 0.2) is 48.5 Å². The monoisotopic (exact) mass is 354 g/mol. The molecule has 1 fully saturated rings. The minimum absolute atomic E-state index is 0.234. The Kier molecular flexibility index (Phi) is 6.67. The molecular weight excluding hydrogens is 324 g/mol. The zero-order valence-corrected chi connectivity index (χ0v) is 15.9. The van der Waals surface area contributed by atoms with E-state index in [-0.39, 0.29) is 6.61 Å². The molecule has 0 aromatic heterocycles. The number of aliphatic hydroxyl groups excluding tert-OH is 1. The standard InChI is InChI=1S/C22H30N2O2/c1-18-7-3-4-8-19(18)16-24-13-12-23(17-21(24)11-14-25)15-20-9-5-6-10-22(20)26-2/h3-10,21,25H,11-17H2,1-2H3. The molecule has 0 radical (unpaired) electrons.